The van der Waals surface area contributed by atoms with Gasteiger partial charge in [-0.05, 0) is 61.6 Å². The third-order valence-corrected chi connectivity index (χ3v) is 8.31. The number of fused-ring (bicyclic) bond motifs is 1. The molecule has 2 aliphatic heterocycles. The molecule has 0 spiro atoms. The van der Waals surface area contributed by atoms with Gasteiger partial charge in [0.15, 0.2) is 0 Å². The van der Waals surface area contributed by atoms with Crippen LogP contribution in [-0.4, -0.2) is 62.7 Å². The first-order valence-electron chi connectivity index (χ1n) is 11.0. The summed E-state index contributed by atoms with van der Waals surface area (Å²) in [6.45, 7) is 3.53. The van der Waals surface area contributed by atoms with Crippen molar-refractivity contribution in [2.75, 3.05) is 32.1 Å². The van der Waals surface area contributed by atoms with Crippen LogP contribution in [0.25, 0.3) is 0 Å². The van der Waals surface area contributed by atoms with Crippen LogP contribution in [0.2, 0.25) is 0 Å². The van der Waals surface area contributed by atoms with E-state index in [4.69, 9.17) is 0 Å². The van der Waals surface area contributed by atoms with E-state index in [9.17, 15) is 22.8 Å². The van der Waals surface area contributed by atoms with Gasteiger partial charge in [-0.15, -0.1) is 0 Å². The smallest absolute Gasteiger partial charge is 0.319 e. The standard InChI is InChI=1S/C24H28N4O5S/c1-16-8-5-6-10-19(16)24(2)22(30)28(23(31)25-24)15-21(29)27-13-7-9-17-14-18(11-12-20(17)27)34(32,33)26(3)4/h5-6,8,10-12,14H,7,9,13,15H2,1-4H3,(H,25,31). The van der Waals surface area contributed by atoms with Crippen LogP contribution in [0.5, 0.6) is 0 Å². The van der Waals surface area contributed by atoms with Gasteiger partial charge in [0.25, 0.3) is 5.91 Å². The number of nitrogens with zero attached hydrogens (tertiary/aromatic N) is 3. The number of amides is 4. The highest BCUT2D eigenvalue weighted by Crippen LogP contribution is 2.33. The molecule has 2 aliphatic rings. The largest absolute Gasteiger partial charge is 0.325 e. The van der Waals surface area contributed by atoms with Gasteiger partial charge in [0, 0.05) is 26.3 Å². The van der Waals surface area contributed by atoms with Crippen molar-refractivity contribution in [1.29, 1.82) is 0 Å². The number of nitrogens with one attached hydrogen (secondary N) is 1. The van der Waals surface area contributed by atoms with Crippen LogP contribution < -0.4 is 10.2 Å². The number of urea groups is 1. The van der Waals surface area contributed by atoms with E-state index in [0.29, 0.717) is 30.6 Å². The molecule has 1 fully saturated rings. The summed E-state index contributed by atoms with van der Waals surface area (Å²) in [6.07, 6.45) is 1.27. The summed E-state index contributed by atoms with van der Waals surface area (Å²) < 4.78 is 26.1. The molecule has 0 bridgehead atoms. The molecule has 2 heterocycles. The maximum Gasteiger partial charge on any atom is 0.325 e. The van der Waals surface area contributed by atoms with Crippen molar-refractivity contribution in [3.05, 3.63) is 59.2 Å². The highest BCUT2D eigenvalue weighted by molar-refractivity contribution is 7.89. The van der Waals surface area contributed by atoms with Crippen LogP contribution in [0.4, 0.5) is 10.5 Å². The normalized spacial score (nSPS) is 20.5. The third-order valence-electron chi connectivity index (χ3n) is 6.50. The Labute approximate surface area is 199 Å². The fourth-order valence-electron chi connectivity index (χ4n) is 4.58. The lowest BCUT2D eigenvalue weighted by atomic mass is 9.88. The molecule has 0 saturated carbocycles. The molecule has 1 N–H and O–H groups in total. The molecular formula is C24H28N4O5S. The summed E-state index contributed by atoms with van der Waals surface area (Å²) >= 11 is 0. The number of benzene rings is 2. The zero-order valence-electron chi connectivity index (χ0n) is 19.7. The van der Waals surface area contributed by atoms with Crippen molar-refractivity contribution < 1.29 is 22.8 Å². The Morgan fingerprint density at radius 1 is 1.15 bits per heavy atom. The second-order valence-electron chi connectivity index (χ2n) is 8.99. The summed E-state index contributed by atoms with van der Waals surface area (Å²) in [5.74, 6) is -0.883. The van der Waals surface area contributed by atoms with Gasteiger partial charge in [-0.2, -0.15) is 0 Å². The SMILES string of the molecule is Cc1ccccc1C1(C)NC(=O)N(CC(=O)N2CCCc3cc(S(=O)(=O)N(C)C)ccc32)C1=O. The lowest BCUT2D eigenvalue weighted by molar-refractivity contribution is -0.134. The Balaban J connectivity index is 1.58. The Bertz CT molecular complexity index is 1290. The Hall–Kier alpha value is -3.24. The summed E-state index contributed by atoms with van der Waals surface area (Å²) in [7, 11) is -0.669. The number of hydrogen-bond donors (Lipinski definition) is 1. The van der Waals surface area contributed by atoms with Crippen molar-refractivity contribution >= 4 is 33.6 Å². The van der Waals surface area contributed by atoms with E-state index in [0.717, 1.165) is 20.3 Å². The van der Waals surface area contributed by atoms with Gasteiger partial charge in [0.2, 0.25) is 15.9 Å². The van der Waals surface area contributed by atoms with Crippen molar-refractivity contribution in [3.8, 4) is 0 Å². The molecule has 1 saturated heterocycles. The molecular weight excluding hydrogens is 456 g/mol. The van der Waals surface area contributed by atoms with E-state index in [1.165, 1.54) is 25.1 Å². The molecule has 2 aromatic carbocycles. The van der Waals surface area contributed by atoms with E-state index in [1.54, 1.807) is 31.2 Å². The summed E-state index contributed by atoms with van der Waals surface area (Å²) in [5, 5.41) is 2.74. The number of carbonyl (C=O) groups is 3. The van der Waals surface area contributed by atoms with E-state index < -0.39 is 40.0 Å². The third kappa shape index (κ3) is 3.86. The first kappa shape index (κ1) is 23.9. The van der Waals surface area contributed by atoms with Gasteiger partial charge in [-0.1, -0.05) is 24.3 Å². The molecule has 0 aromatic heterocycles. The number of hydrogen-bond acceptors (Lipinski definition) is 5. The van der Waals surface area contributed by atoms with Crippen molar-refractivity contribution in [2.45, 2.75) is 37.1 Å². The van der Waals surface area contributed by atoms with Gasteiger partial charge in [-0.3, -0.25) is 14.5 Å². The molecule has 0 radical (unpaired) electrons. The van der Waals surface area contributed by atoms with Gasteiger partial charge >= 0.3 is 6.03 Å². The summed E-state index contributed by atoms with van der Waals surface area (Å²) in [4.78, 5) is 41.9. The van der Waals surface area contributed by atoms with Crippen LogP contribution in [0, 0.1) is 6.92 Å². The predicted octanol–water partition coefficient (Wildman–Crippen LogP) is 1.99. The molecule has 1 atom stereocenters. The number of imide groups is 1. The molecule has 34 heavy (non-hydrogen) atoms. The minimum atomic E-state index is -3.60. The molecule has 4 amide bonds. The van der Waals surface area contributed by atoms with Crippen LogP contribution >= 0.6 is 0 Å². The fraction of sp³-hybridized carbons (Fsp3) is 0.375. The maximum atomic E-state index is 13.3. The van der Waals surface area contributed by atoms with Crippen molar-refractivity contribution in [2.24, 2.45) is 0 Å². The quantitative estimate of drug-likeness (QED) is 0.653. The molecule has 0 aliphatic carbocycles. The topological polar surface area (TPSA) is 107 Å². The number of aryl methyl sites for hydroxylation is 2. The van der Waals surface area contributed by atoms with Gasteiger partial charge in [-0.25, -0.2) is 17.5 Å². The lowest BCUT2D eigenvalue weighted by Gasteiger charge is -2.31. The summed E-state index contributed by atoms with van der Waals surface area (Å²) in [5.41, 5.74) is 1.63. The zero-order valence-corrected chi connectivity index (χ0v) is 20.5. The highest BCUT2D eigenvalue weighted by Gasteiger charge is 2.50. The zero-order chi connectivity index (χ0) is 24.8. The van der Waals surface area contributed by atoms with Crippen LogP contribution in [0.15, 0.2) is 47.4 Å². The van der Waals surface area contributed by atoms with E-state index in [1.807, 2.05) is 19.1 Å². The first-order valence-corrected chi connectivity index (χ1v) is 12.5. The van der Waals surface area contributed by atoms with Crippen LogP contribution in [0.3, 0.4) is 0 Å². The fourth-order valence-corrected chi connectivity index (χ4v) is 5.53. The molecule has 2 aromatic rings. The van der Waals surface area contributed by atoms with Crippen molar-refractivity contribution in [3.63, 3.8) is 0 Å². The van der Waals surface area contributed by atoms with Gasteiger partial charge in [0.1, 0.15) is 12.1 Å². The Morgan fingerprint density at radius 3 is 2.53 bits per heavy atom. The second-order valence-corrected chi connectivity index (χ2v) is 11.1. The highest BCUT2D eigenvalue weighted by atomic mass is 32.2. The average molecular weight is 485 g/mol. The first-order chi connectivity index (χ1) is 16.0. The number of sulfonamides is 1. The van der Waals surface area contributed by atoms with E-state index >= 15 is 0 Å². The number of carbonyl (C=O) groups excluding carboxylic acids is 3. The monoisotopic (exact) mass is 484 g/mol. The number of anilines is 1. The second kappa shape index (κ2) is 8.52. The van der Waals surface area contributed by atoms with Crippen LogP contribution in [-0.2, 0) is 31.6 Å². The Morgan fingerprint density at radius 2 is 1.85 bits per heavy atom. The minimum Gasteiger partial charge on any atom is -0.319 e. The van der Waals surface area contributed by atoms with Gasteiger partial charge in [0.05, 0.1) is 4.90 Å². The van der Waals surface area contributed by atoms with Crippen molar-refractivity contribution in [1.82, 2.24) is 14.5 Å². The molecule has 4 rings (SSSR count). The summed E-state index contributed by atoms with van der Waals surface area (Å²) in [6, 6.07) is 11.4. The predicted molar refractivity (Wildman–Crippen MR) is 127 cm³/mol. The molecule has 180 valence electrons. The molecule has 1 unspecified atom stereocenters. The van der Waals surface area contributed by atoms with E-state index in [-0.39, 0.29) is 4.90 Å². The molecule has 9 nitrogen and oxygen atoms in total. The lowest BCUT2D eigenvalue weighted by Crippen LogP contribution is -2.46. The molecule has 10 heteroatoms. The Kier molecular flexibility index (Phi) is 5.99. The average Bonchev–Trinajstić information content (AvgIpc) is 3.01. The maximum absolute atomic E-state index is 13.3. The number of rotatable bonds is 5. The minimum absolute atomic E-state index is 0.161. The van der Waals surface area contributed by atoms with E-state index in [2.05, 4.69) is 5.32 Å². The van der Waals surface area contributed by atoms with Crippen LogP contribution in [0.1, 0.15) is 30.0 Å². The van der Waals surface area contributed by atoms with Gasteiger partial charge < -0.3 is 10.2 Å².